The van der Waals surface area contributed by atoms with Gasteiger partial charge in [-0.1, -0.05) is 6.07 Å². The third-order valence-electron chi connectivity index (χ3n) is 2.32. The molecule has 6 heteroatoms. The Balaban J connectivity index is 2.40. The highest BCUT2D eigenvalue weighted by Crippen LogP contribution is 2.02. The van der Waals surface area contributed by atoms with Crippen LogP contribution in [-0.4, -0.2) is 14.5 Å². The van der Waals surface area contributed by atoms with Gasteiger partial charge >= 0.3 is 5.69 Å². The molecule has 2 aromatic rings. The molecule has 0 saturated carbocycles. The highest BCUT2D eigenvalue weighted by molar-refractivity contribution is 5.30. The van der Waals surface area contributed by atoms with Crippen LogP contribution in [0.25, 0.3) is 0 Å². The molecule has 17 heavy (non-hydrogen) atoms. The predicted molar refractivity (Wildman–Crippen MR) is 63.8 cm³/mol. The summed E-state index contributed by atoms with van der Waals surface area (Å²) >= 11 is 0. The van der Waals surface area contributed by atoms with Crippen LogP contribution in [0.3, 0.4) is 0 Å². The molecule has 0 aromatic carbocycles. The molecule has 0 fully saturated rings. The normalized spacial score (nSPS) is 10.4. The molecule has 0 spiro atoms. The Labute approximate surface area is 96.8 Å². The number of hydrogen-bond acceptors (Lipinski definition) is 4. The SMILES string of the molecule is Cc1cncc(Cn2cc(N)c(=O)[nH]c2=O)c1. The summed E-state index contributed by atoms with van der Waals surface area (Å²) in [5.41, 5.74) is 6.31. The first-order chi connectivity index (χ1) is 8.06. The fraction of sp³-hybridized carbons (Fsp3) is 0.182. The van der Waals surface area contributed by atoms with Crippen LogP contribution in [0.2, 0.25) is 0 Å². The second kappa shape index (κ2) is 4.25. The van der Waals surface area contributed by atoms with Crippen molar-refractivity contribution in [3.8, 4) is 0 Å². The standard InChI is InChI=1S/C11H12N4O2/c1-7-2-8(4-13-3-7)5-15-6-9(12)10(16)14-11(15)17/h2-4,6H,5,12H2,1H3,(H,14,16,17). The number of hydrogen-bond donors (Lipinski definition) is 2. The topological polar surface area (TPSA) is 93.8 Å². The van der Waals surface area contributed by atoms with Crippen molar-refractivity contribution >= 4 is 5.69 Å². The van der Waals surface area contributed by atoms with Crippen molar-refractivity contribution in [1.82, 2.24) is 14.5 Å². The maximum atomic E-state index is 11.5. The van der Waals surface area contributed by atoms with Crippen LogP contribution in [0.1, 0.15) is 11.1 Å². The van der Waals surface area contributed by atoms with Crippen LogP contribution in [0.15, 0.2) is 34.2 Å². The summed E-state index contributed by atoms with van der Waals surface area (Å²) in [6.45, 7) is 2.25. The Kier molecular flexibility index (Phi) is 2.78. The van der Waals surface area contributed by atoms with Crippen molar-refractivity contribution in [2.75, 3.05) is 5.73 Å². The monoisotopic (exact) mass is 232 g/mol. The maximum absolute atomic E-state index is 11.5. The summed E-state index contributed by atoms with van der Waals surface area (Å²) in [7, 11) is 0. The average Bonchev–Trinajstić information content (AvgIpc) is 2.26. The van der Waals surface area contributed by atoms with Gasteiger partial charge in [-0.15, -0.1) is 0 Å². The second-order valence-electron chi connectivity index (χ2n) is 3.84. The lowest BCUT2D eigenvalue weighted by molar-refractivity contribution is 0.720. The van der Waals surface area contributed by atoms with Gasteiger partial charge in [-0.3, -0.25) is 19.3 Å². The molecular weight excluding hydrogens is 220 g/mol. The molecule has 0 aliphatic heterocycles. The lowest BCUT2D eigenvalue weighted by Crippen LogP contribution is -2.31. The first kappa shape index (κ1) is 11.1. The Bertz CT molecular complexity index is 657. The zero-order valence-corrected chi connectivity index (χ0v) is 9.30. The van der Waals surface area contributed by atoms with E-state index in [2.05, 4.69) is 9.97 Å². The van der Waals surface area contributed by atoms with E-state index in [0.29, 0.717) is 6.54 Å². The minimum atomic E-state index is -0.561. The highest BCUT2D eigenvalue weighted by atomic mass is 16.2. The smallest absolute Gasteiger partial charge is 0.328 e. The fourth-order valence-corrected chi connectivity index (χ4v) is 1.54. The molecule has 0 unspecified atom stereocenters. The molecule has 2 rings (SSSR count). The Morgan fingerprint density at radius 2 is 2.18 bits per heavy atom. The zero-order valence-electron chi connectivity index (χ0n) is 9.30. The summed E-state index contributed by atoms with van der Waals surface area (Å²) in [5, 5.41) is 0. The van der Waals surface area contributed by atoms with E-state index in [4.69, 9.17) is 5.73 Å². The molecule has 2 aromatic heterocycles. The molecule has 0 aliphatic carbocycles. The lowest BCUT2D eigenvalue weighted by Gasteiger charge is -2.06. The summed E-state index contributed by atoms with van der Waals surface area (Å²) in [6.07, 6.45) is 4.73. The van der Waals surface area contributed by atoms with Crippen LogP contribution in [-0.2, 0) is 6.54 Å². The van der Waals surface area contributed by atoms with Gasteiger partial charge in [-0.25, -0.2) is 4.79 Å². The van der Waals surface area contributed by atoms with Crippen LogP contribution in [0, 0.1) is 6.92 Å². The average molecular weight is 232 g/mol. The Hall–Kier alpha value is -2.37. The van der Waals surface area contributed by atoms with Gasteiger partial charge < -0.3 is 5.73 Å². The largest absolute Gasteiger partial charge is 0.393 e. The first-order valence-corrected chi connectivity index (χ1v) is 5.06. The van der Waals surface area contributed by atoms with Crippen LogP contribution in [0.4, 0.5) is 5.69 Å². The van der Waals surface area contributed by atoms with Crippen molar-refractivity contribution in [2.45, 2.75) is 13.5 Å². The number of nitrogens with two attached hydrogens (primary N) is 1. The predicted octanol–water partition coefficient (Wildman–Crippen LogP) is -0.129. The van der Waals surface area contributed by atoms with Crippen LogP contribution >= 0.6 is 0 Å². The number of rotatable bonds is 2. The van der Waals surface area contributed by atoms with E-state index < -0.39 is 11.2 Å². The third-order valence-corrected chi connectivity index (χ3v) is 2.32. The number of nitrogens with zero attached hydrogens (tertiary/aromatic N) is 2. The molecular formula is C11H12N4O2. The van der Waals surface area contributed by atoms with E-state index in [1.807, 2.05) is 13.0 Å². The quantitative estimate of drug-likeness (QED) is 0.754. The van der Waals surface area contributed by atoms with Crippen LogP contribution in [0.5, 0.6) is 0 Å². The Morgan fingerprint density at radius 3 is 2.88 bits per heavy atom. The number of nitrogens with one attached hydrogen (secondary N) is 1. The van der Waals surface area contributed by atoms with Gasteiger partial charge in [0.1, 0.15) is 5.69 Å². The minimum Gasteiger partial charge on any atom is -0.393 e. The van der Waals surface area contributed by atoms with Crippen molar-refractivity contribution in [3.05, 3.63) is 56.6 Å². The van der Waals surface area contributed by atoms with E-state index in [1.54, 1.807) is 12.4 Å². The summed E-state index contributed by atoms with van der Waals surface area (Å²) in [6, 6.07) is 1.92. The molecule has 0 radical (unpaired) electrons. The number of aromatic amines is 1. The van der Waals surface area contributed by atoms with Crippen LogP contribution < -0.4 is 17.0 Å². The van der Waals surface area contributed by atoms with Crippen molar-refractivity contribution in [2.24, 2.45) is 0 Å². The van der Waals surface area contributed by atoms with Gasteiger partial charge in [0.25, 0.3) is 5.56 Å². The highest BCUT2D eigenvalue weighted by Gasteiger charge is 2.02. The number of pyridine rings is 1. The number of H-pyrrole nitrogens is 1. The maximum Gasteiger partial charge on any atom is 0.328 e. The van der Waals surface area contributed by atoms with E-state index in [1.165, 1.54) is 10.8 Å². The molecule has 0 bridgehead atoms. The van der Waals surface area contributed by atoms with E-state index in [-0.39, 0.29) is 5.69 Å². The Morgan fingerprint density at radius 1 is 1.41 bits per heavy atom. The van der Waals surface area contributed by atoms with Gasteiger partial charge in [-0.05, 0) is 18.1 Å². The van der Waals surface area contributed by atoms with Gasteiger partial charge in [0.2, 0.25) is 0 Å². The summed E-state index contributed by atoms with van der Waals surface area (Å²) < 4.78 is 1.34. The van der Waals surface area contributed by atoms with Gasteiger partial charge in [-0.2, -0.15) is 0 Å². The van der Waals surface area contributed by atoms with Gasteiger partial charge in [0.05, 0.1) is 6.54 Å². The van der Waals surface area contributed by atoms with E-state index in [0.717, 1.165) is 11.1 Å². The lowest BCUT2D eigenvalue weighted by atomic mass is 10.2. The number of aromatic nitrogens is 3. The molecule has 0 atom stereocenters. The first-order valence-electron chi connectivity index (χ1n) is 5.06. The van der Waals surface area contributed by atoms with Crippen molar-refractivity contribution in [1.29, 1.82) is 0 Å². The van der Waals surface area contributed by atoms with Gasteiger partial charge in [0.15, 0.2) is 0 Å². The molecule has 3 N–H and O–H groups in total. The third kappa shape index (κ3) is 2.41. The van der Waals surface area contributed by atoms with E-state index >= 15 is 0 Å². The zero-order chi connectivity index (χ0) is 12.4. The molecule has 0 amide bonds. The fourth-order valence-electron chi connectivity index (χ4n) is 1.54. The van der Waals surface area contributed by atoms with Crippen molar-refractivity contribution in [3.63, 3.8) is 0 Å². The molecule has 2 heterocycles. The molecule has 88 valence electrons. The summed E-state index contributed by atoms with van der Waals surface area (Å²) in [5.74, 6) is 0. The number of anilines is 1. The summed E-state index contributed by atoms with van der Waals surface area (Å²) in [4.78, 5) is 28.8. The van der Waals surface area contributed by atoms with E-state index in [9.17, 15) is 9.59 Å². The van der Waals surface area contributed by atoms with Crippen molar-refractivity contribution < 1.29 is 0 Å². The molecule has 0 saturated heterocycles. The molecule has 0 aliphatic rings. The number of nitrogen functional groups attached to an aromatic ring is 1. The molecule has 6 nitrogen and oxygen atoms in total. The number of aryl methyl sites for hydroxylation is 1. The van der Waals surface area contributed by atoms with Gasteiger partial charge in [0, 0.05) is 18.6 Å². The second-order valence-corrected chi connectivity index (χ2v) is 3.84. The minimum absolute atomic E-state index is 0.0187.